The standard InChI is InChI=1S/C14H22N2O/c1-14(2,3)16-10-8-15(9-11-16)12-6-4-5-7-13(12)17/h4-7,17H,8-11H2,1-3H3. The molecule has 1 aromatic rings. The highest BCUT2D eigenvalue weighted by Gasteiger charge is 2.26. The van der Waals surface area contributed by atoms with Crippen molar-refractivity contribution in [3.05, 3.63) is 24.3 Å². The van der Waals surface area contributed by atoms with Crippen LogP contribution in [0.2, 0.25) is 0 Å². The Morgan fingerprint density at radius 2 is 1.59 bits per heavy atom. The Balaban J connectivity index is 2.03. The summed E-state index contributed by atoms with van der Waals surface area (Å²) in [4.78, 5) is 4.75. The van der Waals surface area contributed by atoms with E-state index in [0.29, 0.717) is 5.75 Å². The molecule has 1 saturated heterocycles. The van der Waals surface area contributed by atoms with E-state index in [1.807, 2.05) is 18.2 Å². The summed E-state index contributed by atoms with van der Waals surface area (Å²) >= 11 is 0. The van der Waals surface area contributed by atoms with Gasteiger partial charge in [0.05, 0.1) is 5.69 Å². The third-order valence-electron chi connectivity index (χ3n) is 3.45. The molecule has 0 spiro atoms. The molecule has 0 aliphatic carbocycles. The molecule has 1 aliphatic rings. The van der Waals surface area contributed by atoms with Gasteiger partial charge in [-0.3, -0.25) is 4.90 Å². The zero-order valence-electron chi connectivity index (χ0n) is 11.0. The molecule has 1 aromatic carbocycles. The fourth-order valence-corrected chi connectivity index (χ4v) is 2.35. The fourth-order valence-electron chi connectivity index (χ4n) is 2.35. The van der Waals surface area contributed by atoms with Crippen molar-refractivity contribution in [2.75, 3.05) is 31.1 Å². The number of phenolic OH excluding ortho intramolecular Hbond substituents is 1. The van der Waals surface area contributed by atoms with Crippen molar-refractivity contribution in [2.45, 2.75) is 26.3 Å². The Bertz CT molecular complexity index is 376. The number of phenols is 1. The van der Waals surface area contributed by atoms with Gasteiger partial charge in [0.15, 0.2) is 0 Å². The lowest BCUT2D eigenvalue weighted by Crippen LogP contribution is -2.53. The van der Waals surface area contributed by atoms with E-state index in [-0.39, 0.29) is 5.54 Å². The summed E-state index contributed by atoms with van der Waals surface area (Å²) in [7, 11) is 0. The summed E-state index contributed by atoms with van der Waals surface area (Å²) in [6, 6.07) is 7.59. The monoisotopic (exact) mass is 234 g/mol. The number of nitrogens with zero attached hydrogens (tertiary/aromatic N) is 2. The maximum absolute atomic E-state index is 9.83. The van der Waals surface area contributed by atoms with Crippen LogP contribution in [0.4, 0.5) is 5.69 Å². The molecule has 2 rings (SSSR count). The molecule has 0 amide bonds. The second-order valence-electron chi connectivity index (χ2n) is 5.63. The molecule has 0 unspecified atom stereocenters. The molecule has 1 fully saturated rings. The van der Waals surface area contributed by atoms with Gasteiger partial charge in [0.2, 0.25) is 0 Å². The van der Waals surface area contributed by atoms with Crippen molar-refractivity contribution in [3.8, 4) is 5.75 Å². The van der Waals surface area contributed by atoms with Gasteiger partial charge in [-0.25, -0.2) is 0 Å². The van der Waals surface area contributed by atoms with Gasteiger partial charge in [-0.2, -0.15) is 0 Å². The van der Waals surface area contributed by atoms with Crippen LogP contribution < -0.4 is 4.90 Å². The highest BCUT2D eigenvalue weighted by atomic mass is 16.3. The number of para-hydroxylation sites is 2. The Labute approximate surface area is 104 Å². The topological polar surface area (TPSA) is 26.7 Å². The van der Waals surface area contributed by atoms with Crippen LogP contribution in [-0.2, 0) is 0 Å². The number of benzene rings is 1. The summed E-state index contributed by atoms with van der Waals surface area (Å²) in [6.07, 6.45) is 0. The van der Waals surface area contributed by atoms with Crippen LogP contribution in [0.15, 0.2) is 24.3 Å². The Morgan fingerprint density at radius 3 is 2.12 bits per heavy atom. The number of piperazine rings is 1. The van der Waals surface area contributed by atoms with Gasteiger partial charge in [-0.05, 0) is 32.9 Å². The normalized spacial score (nSPS) is 18.4. The van der Waals surface area contributed by atoms with E-state index in [2.05, 4.69) is 30.6 Å². The van der Waals surface area contributed by atoms with Crippen LogP contribution in [0.1, 0.15) is 20.8 Å². The number of hydrogen-bond donors (Lipinski definition) is 1. The second-order valence-corrected chi connectivity index (χ2v) is 5.63. The number of rotatable bonds is 1. The SMILES string of the molecule is CC(C)(C)N1CCN(c2ccccc2O)CC1. The van der Waals surface area contributed by atoms with Gasteiger partial charge >= 0.3 is 0 Å². The molecule has 0 atom stereocenters. The molecule has 0 radical (unpaired) electrons. The summed E-state index contributed by atoms with van der Waals surface area (Å²) in [5.41, 5.74) is 1.20. The van der Waals surface area contributed by atoms with E-state index >= 15 is 0 Å². The minimum Gasteiger partial charge on any atom is -0.506 e. The van der Waals surface area contributed by atoms with E-state index in [1.165, 1.54) is 0 Å². The lowest BCUT2D eigenvalue weighted by molar-refractivity contribution is 0.128. The molecular formula is C14H22N2O. The van der Waals surface area contributed by atoms with Gasteiger partial charge in [0.25, 0.3) is 0 Å². The summed E-state index contributed by atoms with van der Waals surface area (Å²) < 4.78 is 0. The maximum Gasteiger partial charge on any atom is 0.138 e. The quantitative estimate of drug-likeness (QED) is 0.808. The predicted molar refractivity (Wildman–Crippen MR) is 71.6 cm³/mol. The minimum absolute atomic E-state index is 0.241. The van der Waals surface area contributed by atoms with E-state index in [9.17, 15) is 5.11 Å². The molecule has 0 aromatic heterocycles. The predicted octanol–water partition coefficient (Wildman–Crippen LogP) is 2.31. The van der Waals surface area contributed by atoms with E-state index < -0.39 is 0 Å². The molecule has 94 valence electrons. The molecule has 1 heterocycles. The summed E-state index contributed by atoms with van der Waals surface area (Å²) in [5.74, 6) is 0.386. The number of aromatic hydroxyl groups is 1. The summed E-state index contributed by atoms with van der Waals surface area (Å²) in [6.45, 7) is 10.8. The lowest BCUT2D eigenvalue weighted by atomic mass is 10.0. The first-order valence-corrected chi connectivity index (χ1v) is 6.26. The van der Waals surface area contributed by atoms with Gasteiger partial charge in [-0.15, -0.1) is 0 Å². The van der Waals surface area contributed by atoms with Crippen LogP contribution in [0, 0.1) is 0 Å². The molecule has 0 bridgehead atoms. The molecule has 0 saturated carbocycles. The third-order valence-corrected chi connectivity index (χ3v) is 3.45. The highest BCUT2D eigenvalue weighted by molar-refractivity contribution is 5.57. The average molecular weight is 234 g/mol. The zero-order chi connectivity index (χ0) is 12.5. The average Bonchev–Trinajstić information content (AvgIpc) is 2.29. The van der Waals surface area contributed by atoms with Crippen LogP contribution in [-0.4, -0.2) is 41.7 Å². The first-order valence-electron chi connectivity index (χ1n) is 6.26. The highest BCUT2D eigenvalue weighted by Crippen LogP contribution is 2.28. The van der Waals surface area contributed by atoms with Crippen molar-refractivity contribution in [1.29, 1.82) is 0 Å². The summed E-state index contributed by atoms with van der Waals surface area (Å²) in [5, 5.41) is 9.83. The van der Waals surface area contributed by atoms with Crippen LogP contribution in [0.3, 0.4) is 0 Å². The van der Waals surface area contributed by atoms with Gasteiger partial charge < -0.3 is 10.0 Å². The van der Waals surface area contributed by atoms with Crippen molar-refractivity contribution >= 4 is 5.69 Å². The smallest absolute Gasteiger partial charge is 0.138 e. The Morgan fingerprint density at radius 1 is 1.00 bits per heavy atom. The van der Waals surface area contributed by atoms with Gasteiger partial charge in [-0.1, -0.05) is 12.1 Å². The van der Waals surface area contributed by atoms with Crippen LogP contribution in [0.25, 0.3) is 0 Å². The largest absolute Gasteiger partial charge is 0.506 e. The maximum atomic E-state index is 9.83. The van der Waals surface area contributed by atoms with E-state index in [4.69, 9.17) is 0 Å². The Kier molecular flexibility index (Phi) is 3.29. The third kappa shape index (κ3) is 2.72. The first kappa shape index (κ1) is 12.2. The van der Waals surface area contributed by atoms with Crippen molar-refractivity contribution in [2.24, 2.45) is 0 Å². The number of hydrogen-bond acceptors (Lipinski definition) is 3. The minimum atomic E-state index is 0.241. The lowest BCUT2D eigenvalue weighted by Gasteiger charge is -2.43. The molecule has 3 heteroatoms. The van der Waals surface area contributed by atoms with E-state index in [1.54, 1.807) is 6.07 Å². The fraction of sp³-hybridized carbons (Fsp3) is 0.571. The molecule has 17 heavy (non-hydrogen) atoms. The van der Waals surface area contributed by atoms with Crippen molar-refractivity contribution in [1.82, 2.24) is 4.90 Å². The molecule has 1 N–H and O–H groups in total. The Hall–Kier alpha value is -1.22. The van der Waals surface area contributed by atoms with Crippen LogP contribution >= 0.6 is 0 Å². The van der Waals surface area contributed by atoms with Crippen molar-refractivity contribution < 1.29 is 5.11 Å². The second kappa shape index (κ2) is 4.57. The zero-order valence-corrected chi connectivity index (χ0v) is 11.0. The van der Waals surface area contributed by atoms with Gasteiger partial charge in [0, 0.05) is 31.7 Å². The number of anilines is 1. The molecule has 1 aliphatic heterocycles. The molecule has 3 nitrogen and oxygen atoms in total. The first-order chi connectivity index (χ1) is 7.98. The van der Waals surface area contributed by atoms with E-state index in [0.717, 1.165) is 31.9 Å². The van der Waals surface area contributed by atoms with Gasteiger partial charge in [0.1, 0.15) is 5.75 Å². The van der Waals surface area contributed by atoms with Crippen LogP contribution in [0.5, 0.6) is 5.75 Å². The van der Waals surface area contributed by atoms with Crippen molar-refractivity contribution in [3.63, 3.8) is 0 Å². The molecular weight excluding hydrogens is 212 g/mol.